The summed E-state index contributed by atoms with van der Waals surface area (Å²) in [4.78, 5) is 0. The quantitative estimate of drug-likeness (QED) is 0.268. The van der Waals surface area contributed by atoms with Crippen molar-refractivity contribution in [3.05, 3.63) is 24.3 Å². The van der Waals surface area contributed by atoms with Gasteiger partial charge in [-0.25, -0.2) is 0 Å². The maximum absolute atomic E-state index is 5.18. The predicted molar refractivity (Wildman–Crippen MR) is 116 cm³/mol. The van der Waals surface area contributed by atoms with Crippen molar-refractivity contribution in [1.82, 2.24) is 0 Å². The summed E-state index contributed by atoms with van der Waals surface area (Å²) in [5, 5.41) is 3.49. The molecule has 150 valence electrons. The molecule has 26 heavy (non-hydrogen) atoms. The molecule has 0 heterocycles. The zero-order valence-electron chi connectivity index (χ0n) is 17.5. The van der Waals surface area contributed by atoms with Crippen LogP contribution >= 0.6 is 0 Å². The summed E-state index contributed by atoms with van der Waals surface area (Å²) in [6.07, 6.45) is 21.3. The molecule has 1 N–H and O–H groups in total. The first kappa shape index (κ1) is 22.9. The minimum absolute atomic E-state index is 0.919. The fraction of sp³-hybridized carbons (Fsp3) is 0.750. The van der Waals surface area contributed by atoms with E-state index in [2.05, 4.69) is 24.4 Å². The van der Waals surface area contributed by atoms with Gasteiger partial charge in [-0.05, 0) is 30.7 Å². The van der Waals surface area contributed by atoms with Gasteiger partial charge >= 0.3 is 0 Å². The number of hydrogen-bond acceptors (Lipinski definition) is 2. The number of hydrogen-bond donors (Lipinski definition) is 1. The Kier molecular flexibility index (Phi) is 15.2. The second-order valence-electron chi connectivity index (χ2n) is 7.61. The number of rotatable bonds is 18. The minimum atomic E-state index is 0.919. The average molecular weight is 362 g/mol. The molecule has 0 fully saturated rings. The average Bonchev–Trinajstić information content (AvgIpc) is 2.68. The highest BCUT2D eigenvalue weighted by atomic mass is 16.5. The van der Waals surface area contributed by atoms with E-state index in [-0.39, 0.29) is 0 Å². The Labute approximate surface area is 163 Å². The molecule has 2 nitrogen and oxygen atoms in total. The highest BCUT2D eigenvalue weighted by molar-refractivity contribution is 5.46. The van der Waals surface area contributed by atoms with Crippen LogP contribution in [-0.2, 0) is 0 Å². The topological polar surface area (TPSA) is 21.3 Å². The largest absolute Gasteiger partial charge is 0.497 e. The number of unbranched alkanes of at least 4 members (excludes halogenated alkanes) is 14. The molecule has 0 saturated carbocycles. The van der Waals surface area contributed by atoms with Gasteiger partial charge in [0.2, 0.25) is 0 Å². The van der Waals surface area contributed by atoms with Crippen molar-refractivity contribution >= 4 is 5.69 Å². The van der Waals surface area contributed by atoms with Crippen molar-refractivity contribution in [2.75, 3.05) is 19.0 Å². The molecule has 1 aromatic rings. The zero-order chi connectivity index (χ0) is 18.7. The first-order chi connectivity index (χ1) is 12.9. The molecular weight excluding hydrogens is 318 g/mol. The van der Waals surface area contributed by atoms with Crippen LogP contribution in [0.2, 0.25) is 0 Å². The van der Waals surface area contributed by atoms with Crippen LogP contribution in [0.4, 0.5) is 5.69 Å². The van der Waals surface area contributed by atoms with Gasteiger partial charge in [0.1, 0.15) is 5.75 Å². The van der Waals surface area contributed by atoms with E-state index in [1.165, 1.54) is 102 Å². The van der Waals surface area contributed by atoms with E-state index in [1.54, 1.807) is 7.11 Å². The van der Waals surface area contributed by atoms with Gasteiger partial charge in [-0.2, -0.15) is 0 Å². The summed E-state index contributed by atoms with van der Waals surface area (Å²) >= 11 is 0. The van der Waals surface area contributed by atoms with Gasteiger partial charge in [-0.15, -0.1) is 0 Å². The summed E-state index contributed by atoms with van der Waals surface area (Å²) in [7, 11) is 1.71. The van der Waals surface area contributed by atoms with Crippen LogP contribution in [0.15, 0.2) is 24.3 Å². The normalized spacial score (nSPS) is 10.8. The summed E-state index contributed by atoms with van der Waals surface area (Å²) in [6, 6.07) is 8.19. The third-order valence-electron chi connectivity index (χ3n) is 5.20. The van der Waals surface area contributed by atoms with Gasteiger partial charge in [0.25, 0.3) is 0 Å². The van der Waals surface area contributed by atoms with Crippen molar-refractivity contribution < 1.29 is 4.74 Å². The number of methoxy groups -OCH3 is 1. The minimum Gasteiger partial charge on any atom is -0.497 e. The second kappa shape index (κ2) is 17.2. The van der Waals surface area contributed by atoms with E-state index >= 15 is 0 Å². The Balaban J connectivity index is 1.76. The molecule has 0 bridgehead atoms. The van der Waals surface area contributed by atoms with Crippen LogP contribution in [0.1, 0.15) is 103 Å². The van der Waals surface area contributed by atoms with Crippen molar-refractivity contribution in [2.24, 2.45) is 0 Å². The van der Waals surface area contributed by atoms with Crippen LogP contribution in [0.25, 0.3) is 0 Å². The summed E-state index contributed by atoms with van der Waals surface area (Å²) in [5.41, 5.74) is 1.19. The fourth-order valence-corrected chi connectivity index (χ4v) is 3.44. The lowest BCUT2D eigenvalue weighted by atomic mass is 10.0. The van der Waals surface area contributed by atoms with Gasteiger partial charge in [-0.3, -0.25) is 0 Å². The number of anilines is 1. The molecule has 0 aromatic heterocycles. The molecule has 0 aliphatic rings. The lowest BCUT2D eigenvalue weighted by Crippen LogP contribution is -2.01. The predicted octanol–water partition coefficient (Wildman–Crippen LogP) is 7.98. The molecule has 0 atom stereocenters. The number of benzene rings is 1. The van der Waals surface area contributed by atoms with Gasteiger partial charge < -0.3 is 10.1 Å². The van der Waals surface area contributed by atoms with Crippen molar-refractivity contribution in [2.45, 2.75) is 103 Å². The molecule has 2 heteroatoms. The molecule has 0 radical (unpaired) electrons. The molecule has 1 aromatic carbocycles. The molecule has 0 unspecified atom stereocenters. The Morgan fingerprint density at radius 1 is 0.615 bits per heavy atom. The fourth-order valence-electron chi connectivity index (χ4n) is 3.44. The zero-order valence-corrected chi connectivity index (χ0v) is 17.5. The highest BCUT2D eigenvalue weighted by Gasteiger charge is 1.96. The molecular formula is C24H43NO. The Morgan fingerprint density at radius 2 is 1.04 bits per heavy atom. The highest BCUT2D eigenvalue weighted by Crippen LogP contribution is 2.16. The molecule has 0 spiro atoms. The van der Waals surface area contributed by atoms with Crippen LogP contribution in [0, 0.1) is 0 Å². The smallest absolute Gasteiger partial charge is 0.119 e. The van der Waals surface area contributed by atoms with E-state index in [0.717, 1.165) is 12.3 Å². The van der Waals surface area contributed by atoms with Crippen molar-refractivity contribution in [1.29, 1.82) is 0 Å². The SMILES string of the molecule is CCCCCCCCCCCCCCCCCNc1ccc(OC)cc1. The van der Waals surface area contributed by atoms with E-state index in [0.29, 0.717) is 0 Å². The second-order valence-corrected chi connectivity index (χ2v) is 7.61. The van der Waals surface area contributed by atoms with E-state index in [4.69, 9.17) is 4.74 Å². The van der Waals surface area contributed by atoms with Crippen LogP contribution in [0.3, 0.4) is 0 Å². The lowest BCUT2D eigenvalue weighted by molar-refractivity contribution is 0.415. The summed E-state index contributed by atoms with van der Waals surface area (Å²) in [6.45, 7) is 3.37. The van der Waals surface area contributed by atoms with Crippen molar-refractivity contribution in [3.8, 4) is 5.75 Å². The van der Waals surface area contributed by atoms with E-state index < -0.39 is 0 Å². The standard InChI is InChI=1S/C24H43NO/c1-3-4-5-6-7-8-9-10-11-12-13-14-15-16-17-22-25-23-18-20-24(26-2)21-19-23/h18-21,25H,3-17,22H2,1-2H3. The first-order valence-corrected chi connectivity index (χ1v) is 11.2. The molecule has 0 aliphatic heterocycles. The van der Waals surface area contributed by atoms with Gasteiger partial charge in [0.05, 0.1) is 7.11 Å². The van der Waals surface area contributed by atoms with Gasteiger partial charge in [-0.1, -0.05) is 96.8 Å². The van der Waals surface area contributed by atoms with Gasteiger partial charge in [0, 0.05) is 12.2 Å². The van der Waals surface area contributed by atoms with E-state index in [1.807, 2.05) is 12.1 Å². The van der Waals surface area contributed by atoms with Crippen LogP contribution in [-0.4, -0.2) is 13.7 Å². The Hall–Kier alpha value is -1.18. The monoisotopic (exact) mass is 361 g/mol. The Bertz CT molecular complexity index is 401. The van der Waals surface area contributed by atoms with Crippen LogP contribution in [0.5, 0.6) is 5.75 Å². The summed E-state index contributed by atoms with van der Waals surface area (Å²) < 4.78 is 5.18. The number of ether oxygens (including phenoxy) is 1. The molecule has 0 amide bonds. The third kappa shape index (κ3) is 13.1. The van der Waals surface area contributed by atoms with Crippen LogP contribution < -0.4 is 10.1 Å². The maximum Gasteiger partial charge on any atom is 0.119 e. The molecule has 0 aliphatic carbocycles. The van der Waals surface area contributed by atoms with Crippen molar-refractivity contribution in [3.63, 3.8) is 0 Å². The molecule has 0 saturated heterocycles. The lowest BCUT2D eigenvalue weighted by Gasteiger charge is -2.07. The van der Waals surface area contributed by atoms with Gasteiger partial charge in [0.15, 0.2) is 0 Å². The molecule has 1 rings (SSSR count). The Morgan fingerprint density at radius 3 is 1.46 bits per heavy atom. The first-order valence-electron chi connectivity index (χ1n) is 11.2. The number of nitrogens with one attached hydrogen (secondary N) is 1. The summed E-state index contributed by atoms with van der Waals surface area (Å²) in [5.74, 6) is 0.919. The van der Waals surface area contributed by atoms with E-state index in [9.17, 15) is 0 Å². The maximum atomic E-state index is 5.18. The third-order valence-corrected chi connectivity index (χ3v) is 5.20.